The lowest BCUT2D eigenvalue weighted by Gasteiger charge is -2.46. The Labute approximate surface area is 436 Å². The lowest BCUT2D eigenvalue weighted by molar-refractivity contribution is 0.332. The van der Waals surface area contributed by atoms with Crippen LogP contribution in [0.4, 0.5) is 51.2 Å². The molecule has 0 saturated heterocycles. The Bertz CT molecular complexity index is 3470. The molecule has 0 bridgehead atoms. The van der Waals surface area contributed by atoms with Gasteiger partial charge in [0, 0.05) is 50.9 Å². The number of rotatable bonds is 5. The molecule has 5 heteroatoms. The third kappa shape index (κ3) is 7.52. The van der Waals surface area contributed by atoms with Gasteiger partial charge in [-0.3, -0.25) is 0 Å². The van der Waals surface area contributed by atoms with Crippen LogP contribution in [0.5, 0.6) is 0 Å². The van der Waals surface area contributed by atoms with Crippen LogP contribution in [0.25, 0.3) is 11.0 Å². The molecule has 2 aliphatic heterocycles. The molecule has 4 aliphatic rings. The van der Waals surface area contributed by atoms with Gasteiger partial charge in [0.15, 0.2) is 0 Å². The summed E-state index contributed by atoms with van der Waals surface area (Å²) in [6, 6.07) is 55.8. The topological polar surface area (TPSA) is 22.9 Å². The summed E-state index contributed by atoms with van der Waals surface area (Å²) in [5.74, 6) is 0. The highest BCUT2D eigenvalue weighted by atomic mass is 16.3. The molecular formula is C68H74BN3O. The van der Waals surface area contributed by atoms with Crippen LogP contribution in [0.3, 0.4) is 0 Å². The fourth-order valence-electron chi connectivity index (χ4n) is 13.1. The second-order valence-corrected chi connectivity index (χ2v) is 26.8. The number of anilines is 9. The Kier molecular flexibility index (Phi) is 10.4. The zero-order valence-corrected chi connectivity index (χ0v) is 46.0. The van der Waals surface area contributed by atoms with Crippen molar-refractivity contribution in [2.45, 2.75) is 155 Å². The first-order chi connectivity index (χ1) is 34.4. The Morgan fingerprint density at radius 1 is 0.452 bits per heavy atom. The van der Waals surface area contributed by atoms with Crippen molar-refractivity contribution in [2.75, 3.05) is 14.7 Å². The van der Waals surface area contributed by atoms with Crippen LogP contribution in [0.1, 0.15) is 156 Å². The van der Waals surface area contributed by atoms with Crippen LogP contribution in [0, 0.1) is 0 Å². The summed E-state index contributed by atoms with van der Waals surface area (Å²) in [6.45, 7) is 33.5. The van der Waals surface area contributed by atoms with E-state index >= 15 is 0 Å². The standard InChI is InChI=1S/C68H74BN3O/c1-63(2,3)43-25-32-59-50(37-43)61-62(73-59)69-55-31-28-49(70(45-21-17-15-18-22-45)46-23-19-16-20-24-46)42-56(55)71(47-26-29-51-53(40-47)67(11,12)35-33-65(51,7)8)57-38-44(64(4,5)6)39-58(60(57)69)72(61)48-27-30-52-54(41-48)68(13,14)36-34-66(52,9)10/h15-32,37-42H,33-36H2,1-14H3. The molecule has 0 amide bonds. The SMILES string of the molecule is CC(C)(C)c1cc2c3c(c1)N(c1ccc4c(c1)C(C)(C)CCC4(C)C)c1c(oc4ccc(C(C)(C)C)cc14)B3c1ccc(N(c3ccccc3)c3ccccc3)cc1N2c1ccc2c(c1)C(C)(C)CCC2(C)C. The minimum Gasteiger partial charge on any atom is -0.468 e. The second kappa shape index (κ2) is 16.0. The Hall–Kier alpha value is -6.46. The summed E-state index contributed by atoms with van der Waals surface area (Å²) in [7, 11) is 0. The second-order valence-electron chi connectivity index (χ2n) is 26.8. The average Bonchev–Trinajstić information content (AvgIpc) is 3.73. The van der Waals surface area contributed by atoms with Crippen molar-refractivity contribution >= 4 is 85.5 Å². The molecule has 8 aromatic rings. The first-order valence-corrected chi connectivity index (χ1v) is 27.1. The van der Waals surface area contributed by atoms with Gasteiger partial charge in [-0.05, 0) is 187 Å². The van der Waals surface area contributed by atoms with Crippen LogP contribution in [0.2, 0.25) is 0 Å². The van der Waals surface area contributed by atoms with Crippen molar-refractivity contribution in [1.29, 1.82) is 0 Å². The number of para-hydroxylation sites is 2. The fraction of sp³-hybridized carbons (Fsp3) is 0.353. The van der Waals surface area contributed by atoms with Gasteiger partial charge in [-0.1, -0.05) is 158 Å². The van der Waals surface area contributed by atoms with Crippen molar-refractivity contribution in [3.63, 3.8) is 0 Å². The molecule has 7 aromatic carbocycles. The molecule has 4 nitrogen and oxygen atoms in total. The summed E-state index contributed by atoms with van der Waals surface area (Å²) in [5.41, 5.74) is 23.4. The highest BCUT2D eigenvalue weighted by molar-refractivity contribution is 7.00. The number of hydrogen-bond donors (Lipinski definition) is 0. The van der Waals surface area contributed by atoms with Gasteiger partial charge in [0.1, 0.15) is 5.58 Å². The maximum Gasteiger partial charge on any atom is 0.297 e. The number of hydrogen-bond acceptors (Lipinski definition) is 4. The highest BCUT2D eigenvalue weighted by Crippen LogP contribution is 2.54. The third-order valence-electron chi connectivity index (χ3n) is 17.9. The molecule has 0 radical (unpaired) electrons. The molecule has 2 aliphatic carbocycles. The van der Waals surface area contributed by atoms with Crippen LogP contribution in [-0.4, -0.2) is 6.71 Å². The van der Waals surface area contributed by atoms with E-state index in [1.54, 1.807) is 0 Å². The van der Waals surface area contributed by atoms with E-state index in [1.165, 1.54) is 85.6 Å². The fourth-order valence-corrected chi connectivity index (χ4v) is 13.1. The van der Waals surface area contributed by atoms with Gasteiger partial charge in [-0.15, -0.1) is 0 Å². The summed E-state index contributed by atoms with van der Waals surface area (Å²) in [5, 5.41) is 1.16. The monoisotopic (exact) mass is 960 g/mol. The van der Waals surface area contributed by atoms with Gasteiger partial charge in [-0.2, -0.15) is 0 Å². The van der Waals surface area contributed by atoms with Crippen LogP contribution in [-0.2, 0) is 32.5 Å². The predicted molar refractivity (Wildman–Crippen MR) is 313 cm³/mol. The van der Waals surface area contributed by atoms with E-state index in [0.717, 1.165) is 52.2 Å². The van der Waals surface area contributed by atoms with E-state index in [-0.39, 0.29) is 39.2 Å². The minimum atomic E-state index is -0.182. The van der Waals surface area contributed by atoms with Crippen molar-refractivity contribution in [3.8, 4) is 0 Å². The first kappa shape index (κ1) is 47.5. The Morgan fingerprint density at radius 3 is 1.47 bits per heavy atom. The molecule has 0 saturated carbocycles. The molecule has 0 unspecified atom stereocenters. The number of nitrogens with zero attached hydrogens (tertiary/aromatic N) is 3. The summed E-state index contributed by atoms with van der Waals surface area (Å²) in [4.78, 5) is 7.67. The quantitative estimate of drug-likeness (QED) is 0.160. The maximum absolute atomic E-state index is 7.51. The number of furan rings is 1. The van der Waals surface area contributed by atoms with Gasteiger partial charge in [0.2, 0.25) is 0 Å². The molecule has 0 N–H and O–H groups in total. The zero-order valence-electron chi connectivity index (χ0n) is 46.0. The van der Waals surface area contributed by atoms with Gasteiger partial charge < -0.3 is 19.1 Å². The highest BCUT2D eigenvalue weighted by Gasteiger charge is 2.49. The molecule has 1 aromatic heterocycles. The number of fused-ring (bicyclic) bond motifs is 8. The lowest BCUT2D eigenvalue weighted by Crippen LogP contribution is -2.61. The average molecular weight is 960 g/mol. The number of benzene rings is 7. The first-order valence-electron chi connectivity index (χ1n) is 27.1. The summed E-state index contributed by atoms with van der Waals surface area (Å²) >= 11 is 0. The Balaban J connectivity index is 1.21. The van der Waals surface area contributed by atoms with Crippen LogP contribution < -0.4 is 31.3 Å². The smallest absolute Gasteiger partial charge is 0.297 e. The molecule has 0 atom stereocenters. The van der Waals surface area contributed by atoms with E-state index in [4.69, 9.17) is 4.42 Å². The predicted octanol–water partition coefficient (Wildman–Crippen LogP) is 17.3. The van der Waals surface area contributed by atoms with E-state index < -0.39 is 0 Å². The van der Waals surface area contributed by atoms with Gasteiger partial charge in [-0.25, -0.2) is 0 Å². The maximum atomic E-state index is 7.51. The summed E-state index contributed by atoms with van der Waals surface area (Å²) < 4.78 is 7.51. The van der Waals surface area contributed by atoms with Gasteiger partial charge in [0.25, 0.3) is 6.71 Å². The van der Waals surface area contributed by atoms with Gasteiger partial charge >= 0.3 is 0 Å². The van der Waals surface area contributed by atoms with Crippen LogP contribution >= 0.6 is 0 Å². The molecule has 370 valence electrons. The van der Waals surface area contributed by atoms with E-state index in [2.05, 4.69) is 257 Å². The van der Waals surface area contributed by atoms with Crippen LogP contribution in [0.15, 0.2) is 150 Å². The van der Waals surface area contributed by atoms with E-state index in [9.17, 15) is 0 Å². The van der Waals surface area contributed by atoms with Gasteiger partial charge in [0.05, 0.1) is 11.3 Å². The molecule has 0 fully saturated rings. The largest absolute Gasteiger partial charge is 0.468 e. The molecular weight excluding hydrogens is 886 g/mol. The molecule has 3 heterocycles. The molecule has 12 rings (SSSR count). The summed E-state index contributed by atoms with van der Waals surface area (Å²) in [6.07, 6.45) is 4.64. The van der Waals surface area contributed by atoms with E-state index in [1.807, 2.05) is 0 Å². The van der Waals surface area contributed by atoms with Crippen molar-refractivity contribution < 1.29 is 4.42 Å². The Morgan fingerprint density at radius 2 is 0.945 bits per heavy atom. The van der Waals surface area contributed by atoms with Crippen molar-refractivity contribution in [1.82, 2.24) is 0 Å². The van der Waals surface area contributed by atoms with Crippen molar-refractivity contribution in [2.24, 2.45) is 0 Å². The normalized spacial score (nSPS) is 17.9. The minimum absolute atomic E-state index is 0.0225. The van der Waals surface area contributed by atoms with E-state index in [0.29, 0.717) is 0 Å². The lowest BCUT2D eigenvalue weighted by atomic mass is 9.35. The van der Waals surface area contributed by atoms with Crippen molar-refractivity contribution in [3.05, 3.63) is 179 Å². The zero-order chi connectivity index (χ0) is 51.4. The molecule has 73 heavy (non-hydrogen) atoms. The molecule has 0 spiro atoms. The third-order valence-corrected chi connectivity index (χ3v) is 17.9.